The second kappa shape index (κ2) is 4.51. The summed E-state index contributed by atoms with van der Waals surface area (Å²) in [5, 5.41) is 3.25. The fraction of sp³-hybridized carbons (Fsp3) is 0. The molecule has 0 fully saturated rings. The Kier molecular flexibility index (Phi) is 2.85. The molecule has 0 saturated heterocycles. The van der Waals surface area contributed by atoms with Gasteiger partial charge in [-0.15, -0.1) is 0 Å². The summed E-state index contributed by atoms with van der Waals surface area (Å²) in [6.07, 6.45) is 1.59. The van der Waals surface area contributed by atoms with Crippen LogP contribution in [0.1, 0.15) is 0 Å². The van der Waals surface area contributed by atoms with Crippen molar-refractivity contribution in [3.63, 3.8) is 0 Å². The SMILES string of the molecule is S=c1nc2nc[nH]c2c(Nc2ccc(Br)cc2)[nH]1. The van der Waals surface area contributed by atoms with Crippen LogP contribution in [-0.2, 0) is 0 Å². The average molecular weight is 322 g/mol. The third-order valence-electron chi connectivity index (χ3n) is 2.42. The van der Waals surface area contributed by atoms with E-state index in [4.69, 9.17) is 12.2 Å². The fourth-order valence-electron chi connectivity index (χ4n) is 1.62. The highest BCUT2D eigenvalue weighted by molar-refractivity contribution is 9.10. The number of halogens is 1. The highest BCUT2D eigenvalue weighted by Gasteiger charge is 2.05. The molecule has 0 aliphatic heterocycles. The van der Waals surface area contributed by atoms with E-state index in [0.29, 0.717) is 10.4 Å². The van der Waals surface area contributed by atoms with Gasteiger partial charge >= 0.3 is 0 Å². The average Bonchev–Trinajstić information content (AvgIpc) is 2.80. The number of hydrogen-bond donors (Lipinski definition) is 3. The number of fused-ring (bicyclic) bond motifs is 1. The van der Waals surface area contributed by atoms with Gasteiger partial charge in [0.25, 0.3) is 0 Å². The Morgan fingerprint density at radius 3 is 2.78 bits per heavy atom. The summed E-state index contributed by atoms with van der Waals surface area (Å²) in [5.41, 5.74) is 2.34. The monoisotopic (exact) mass is 321 g/mol. The topological polar surface area (TPSA) is 69.4 Å². The summed E-state index contributed by atoms with van der Waals surface area (Å²) in [6, 6.07) is 7.85. The Morgan fingerprint density at radius 2 is 2.00 bits per heavy atom. The third kappa shape index (κ3) is 2.14. The first-order chi connectivity index (χ1) is 8.72. The van der Waals surface area contributed by atoms with Crippen LogP contribution >= 0.6 is 28.1 Å². The molecule has 1 aromatic carbocycles. The van der Waals surface area contributed by atoms with Crippen LogP contribution in [0.25, 0.3) is 11.2 Å². The molecule has 2 aromatic heterocycles. The van der Waals surface area contributed by atoms with E-state index in [1.165, 1.54) is 0 Å². The molecule has 3 aromatic rings. The molecule has 0 aliphatic carbocycles. The molecule has 0 spiro atoms. The van der Waals surface area contributed by atoms with Crippen molar-refractivity contribution in [1.29, 1.82) is 0 Å². The summed E-state index contributed by atoms with van der Waals surface area (Å²) in [4.78, 5) is 14.2. The molecule has 5 nitrogen and oxygen atoms in total. The van der Waals surface area contributed by atoms with Gasteiger partial charge in [0, 0.05) is 10.2 Å². The van der Waals surface area contributed by atoms with Crippen LogP contribution in [0, 0.1) is 4.77 Å². The zero-order valence-corrected chi connectivity index (χ0v) is 11.5. The van der Waals surface area contributed by atoms with Gasteiger partial charge in [-0.05, 0) is 36.5 Å². The second-order valence-corrected chi connectivity index (χ2v) is 4.95. The van der Waals surface area contributed by atoms with Crippen LogP contribution in [0.4, 0.5) is 11.5 Å². The zero-order valence-electron chi connectivity index (χ0n) is 9.07. The number of imidazole rings is 1. The van der Waals surface area contributed by atoms with Gasteiger partial charge in [-0.25, -0.2) is 4.98 Å². The minimum Gasteiger partial charge on any atom is -0.340 e. The minimum atomic E-state index is 0.397. The van der Waals surface area contributed by atoms with Crippen molar-refractivity contribution in [2.45, 2.75) is 0 Å². The lowest BCUT2D eigenvalue weighted by molar-refractivity contribution is 1.16. The van der Waals surface area contributed by atoms with E-state index in [1.54, 1.807) is 6.33 Å². The Hall–Kier alpha value is -1.73. The third-order valence-corrected chi connectivity index (χ3v) is 3.14. The minimum absolute atomic E-state index is 0.397. The van der Waals surface area contributed by atoms with Crippen molar-refractivity contribution in [2.75, 3.05) is 5.32 Å². The van der Waals surface area contributed by atoms with Gasteiger partial charge in [-0.3, -0.25) is 0 Å². The van der Waals surface area contributed by atoms with Gasteiger partial charge in [-0.1, -0.05) is 15.9 Å². The molecule has 2 heterocycles. The molecule has 0 aliphatic rings. The van der Waals surface area contributed by atoms with E-state index in [-0.39, 0.29) is 0 Å². The molecule has 3 rings (SSSR count). The number of aromatic amines is 2. The van der Waals surface area contributed by atoms with E-state index in [1.807, 2.05) is 24.3 Å². The molecular formula is C11H8BrN5S. The number of aromatic nitrogens is 4. The van der Waals surface area contributed by atoms with Crippen LogP contribution in [0.5, 0.6) is 0 Å². The molecule has 0 atom stereocenters. The molecule has 18 heavy (non-hydrogen) atoms. The van der Waals surface area contributed by atoms with E-state index in [0.717, 1.165) is 21.5 Å². The van der Waals surface area contributed by atoms with Crippen molar-refractivity contribution in [3.8, 4) is 0 Å². The summed E-state index contributed by atoms with van der Waals surface area (Å²) in [7, 11) is 0. The molecule has 90 valence electrons. The predicted molar refractivity (Wildman–Crippen MR) is 76.5 cm³/mol. The smallest absolute Gasteiger partial charge is 0.200 e. The van der Waals surface area contributed by atoms with Crippen LogP contribution in [0.2, 0.25) is 0 Å². The van der Waals surface area contributed by atoms with Crippen LogP contribution in [0.15, 0.2) is 35.1 Å². The maximum Gasteiger partial charge on any atom is 0.200 e. The van der Waals surface area contributed by atoms with Crippen LogP contribution < -0.4 is 5.32 Å². The lowest BCUT2D eigenvalue weighted by Gasteiger charge is -2.07. The molecule has 0 saturated carbocycles. The number of H-pyrrole nitrogens is 2. The first-order valence-corrected chi connectivity index (χ1v) is 6.38. The quantitative estimate of drug-likeness (QED) is 0.632. The molecule has 7 heteroatoms. The summed E-state index contributed by atoms with van der Waals surface area (Å²) >= 11 is 8.46. The van der Waals surface area contributed by atoms with Crippen molar-refractivity contribution in [3.05, 3.63) is 39.8 Å². The van der Waals surface area contributed by atoms with Crippen molar-refractivity contribution in [2.24, 2.45) is 0 Å². The Bertz CT molecular complexity index is 746. The highest BCUT2D eigenvalue weighted by atomic mass is 79.9. The Balaban J connectivity index is 2.06. The maximum absolute atomic E-state index is 5.06. The first kappa shape index (κ1) is 11.4. The van der Waals surface area contributed by atoms with E-state index in [2.05, 4.69) is 41.2 Å². The summed E-state index contributed by atoms with van der Waals surface area (Å²) < 4.78 is 1.43. The molecule has 0 unspecified atom stereocenters. The van der Waals surface area contributed by atoms with Gasteiger partial charge in [-0.2, -0.15) is 4.98 Å². The normalized spacial score (nSPS) is 10.7. The lowest BCUT2D eigenvalue weighted by Crippen LogP contribution is -1.96. The second-order valence-electron chi connectivity index (χ2n) is 3.65. The number of hydrogen-bond acceptors (Lipinski definition) is 4. The zero-order chi connectivity index (χ0) is 12.5. The van der Waals surface area contributed by atoms with Crippen molar-refractivity contribution in [1.82, 2.24) is 19.9 Å². The van der Waals surface area contributed by atoms with Gasteiger partial charge in [0.15, 0.2) is 5.65 Å². The Morgan fingerprint density at radius 1 is 1.22 bits per heavy atom. The van der Waals surface area contributed by atoms with Gasteiger partial charge < -0.3 is 15.3 Å². The number of benzene rings is 1. The van der Waals surface area contributed by atoms with E-state index >= 15 is 0 Å². The lowest BCUT2D eigenvalue weighted by atomic mass is 10.3. The molecule has 0 bridgehead atoms. The van der Waals surface area contributed by atoms with Crippen LogP contribution in [0.3, 0.4) is 0 Å². The summed E-state index contributed by atoms with van der Waals surface area (Å²) in [5.74, 6) is 0.754. The van der Waals surface area contributed by atoms with Gasteiger partial charge in [0.2, 0.25) is 4.77 Å². The number of nitrogens with zero attached hydrogens (tertiary/aromatic N) is 2. The molecular weight excluding hydrogens is 314 g/mol. The largest absolute Gasteiger partial charge is 0.340 e. The molecule has 0 amide bonds. The molecule has 3 N–H and O–H groups in total. The number of anilines is 2. The van der Waals surface area contributed by atoms with Gasteiger partial charge in [0.1, 0.15) is 11.3 Å². The highest BCUT2D eigenvalue weighted by Crippen LogP contribution is 2.21. The van der Waals surface area contributed by atoms with E-state index in [9.17, 15) is 0 Å². The molecule has 0 radical (unpaired) electrons. The Labute approximate surface area is 116 Å². The van der Waals surface area contributed by atoms with Crippen molar-refractivity contribution < 1.29 is 0 Å². The van der Waals surface area contributed by atoms with Crippen LogP contribution in [-0.4, -0.2) is 19.9 Å². The summed E-state index contributed by atoms with van der Waals surface area (Å²) in [6.45, 7) is 0. The number of rotatable bonds is 2. The predicted octanol–water partition coefficient (Wildman–Crippen LogP) is 3.52. The van der Waals surface area contributed by atoms with E-state index < -0.39 is 0 Å². The maximum atomic E-state index is 5.06. The fourth-order valence-corrected chi connectivity index (χ4v) is 2.07. The first-order valence-electron chi connectivity index (χ1n) is 5.18. The standard InChI is InChI=1S/C11H8BrN5S/c12-6-1-3-7(4-2-6)15-10-8-9(14-5-13-8)16-11(18)17-10/h1-5H,(H3,13,14,15,16,17,18). The van der Waals surface area contributed by atoms with Gasteiger partial charge in [0.05, 0.1) is 6.33 Å². The number of nitrogens with one attached hydrogen (secondary N) is 3. The van der Waals surface area contributed by atoms with Crippen molar-refractivity contribution >= 4 is 50.8 Å².